The van der Waals surface area contributed by atoms with Gasteiger partial charge in [-0.05, 0) is 43.0 Å². The molecule has 0 bridgehead atoms. The van der Waals surface area contributed by atoms with Gasteiger partial charge in [-0.3, -0.25) is 9.48 Å². The predicted octanol–water partition coefficient (Wildman–Crippen LogP) is 2.64. The highest BCUT2D eigenvalue weighted by molar-refractivity contribution is 5.78. The summed E-state index contributed by atoms with van der Waals surface area (Å²) < 4.78 is 7.55. The fourth-order valence-corrected chi connectivity index (χ4v) is 3.27. The van der Waals surface area contributed by atoms with Crippen LogP contribution in [0.4, 0.5) is 0 Å². The topological polar surface area (TPSA) is 47.4 Å². The first-order valence-corrected chi connectivity index (χ1v) is 8.59. The Morgan fingerprint density at radius 2 is 2.04 bits per heavy atom. The molecule has 1 aromatic heterocycles. The number of benzene rings is 1. The number of rotatable bonds is 5. The Bertz CT molecular complexity index is 719. The van der Waals surface area contributed by atoms with Crippen molar-refractivity contribution in [2.45, 2.75) is 39.7 Å². The van der Waals surface area contributed by atoms with Crippen LogP contribution < -0.4 is 4.74 Å². The van der Waals surface area contributed by atoms with E-state index >= 15 is 0 Å². The third kappa shape index (κ3) is 3.45. The molecule has 0 aliphatic carbocycles. The van der Waals surface area contributed by atoms with Crippen LogP contribution in [0.5, 0.6) is 5.75 Å². The molecule has 5 heteroatoms. The fourth-order valence-electron chi connectivity index (χ4n) is 3.27. The summed E-state index contributed by atoms with van der Waals surface area (Å²) in [6.45, 7) is 5.62. The number of hydrogen-bond acceptors (Lipinski definition) is 3. The van der Waals surface area contributed by atoms with E-state index in [-0.39, 0.29) is 12.5 Å². The van der Waals surface area contributed by atoms with Gasteiger partial charge in [0.05, 0.1) is 17.9 Å². The summed E-state index contributed by atoms with van der Waals surface area (Å²) in [5, 5.41) is 4.45. The minimum absolute atomic E-state index is 0.0251. The molecule has 0 fully saturated rings. The number of carbonyl (C=O) groups excluding carboxylic acids is 1. The zero-order valence-electron chi connectivity index (χ0n) is 14.7. The molecule has 1 amide bonds. The fraction of sp³-hybridized carbons (Fsp3) is 0.474. The van der Waals surface area contributed by atoms with E-state index in [9.17, 15) is 4.79 Å². The number of ether oxygens (including phenoxy) is 1. The largest absolute Gasteiger partial charge is 0.484 e. The van der Waals surface area contributed by atoms with E-state index < -0.39 is 0 Å². The monoisotopic (exact) mass is 327 g/mol. The molecule has 0 saturated heterocycles. The minimum Gasteiger partial charge on any atom is -0.484 e. The second-order valence-electron chi connectivity index (χ2n) is 6.38. The van der Waals surface area contributed by atoms with Crippen molar-refractivity contribution in [2.24, 2.45) is 7.05 Å². The van der Waals surface area contributed by atoms with Gasteiger partial charge < -0.3 is 9.64 Å². The summed E-state index contributed by atoms with van der Waals surface area (Å²) in [7, 11) is 1.94. The van der Waals surface area contributed by atoms with Crippen LogP contribution in [0.2, 0.25) is 0 Å². The number of carbonyl (C=O) groups is 1. The van der Waals surface area contributed by atoms with Crippen molar-refractivity contribution in [1.82, 2.24) is 14.7 Å². The van der Waals surface area contributed by atoms with Crippen molar-refractivity contribution in [3.8, 4) is 5.75 Å². The summed E-state index contributed by atoms with van der Waals surface area (Å²) in [5.74, 6) is 0.773. The van der Waals surface area contributed by atoms with Crippen LogP contribution >= 0.6 is 0 Å². The average Bonchev–Trinajstić information content (AvgIpc) is 2.88. The smallest absolute Gasteiger partial charge is 0.260 e. The highest BCUT2D eigenvalue weighted by Gasteiger charge is 2.25. The molecule has 3 rings (SSSR count). The molecule has 24 heavy (non-hydrogen) atoms. The first kappa shape index (κ1) is 16.6. The van der Waals surface area contributed by atoms with Gasteiger partial charge in [-0.2, -0.15) is 5.10 Å². The lowest BCUT2D eigenvalue weighted by molar-refractivity contribution is -0.134. The molecular formula is C19H25N3O2. The van der Waals surface area contributed by atoms with Crippen molar-refractivity contribution in [3.63, 3.8) is 0 Å². The lowest BCUT2D eigenvalue weighted by atomic mass is 10.0. The Morgan fingerprint density at radius 1 is 1.29 bits per heavy atom. The van der Waals surface area contributed by atoms with Crippen molar-refractivity contribution in [3.05, 3.63) is 46.8 Å². The van der Waals surface area contributed by atoms with Crippen LogP contribution in [0.15, 0.2) is 24.3 Å². The van der Waals surface area contributed by atoms with Gasteiger partial charge in [0.1, 0.15) is 5.75 Å². The first-order chi connectivity index (χ1) is 11.6. The van der Waals surface area contributed by atoms with Crippen LogP contribution in [-0.4, -0.2) is 33.7 Å². The van der Waals surface area contributed by atoms with E-state index in [1.54, 1.807) is 0 Å². The van der Waals surface area contributed by atoms with Crippen molar-refractivity contribution >= 4 is 5.91 Å². The standard InChI is InChI=1S/C19H25N3O2/c1-4-5-15-6-8-16(9-7-15)24-13-19(23)22-11-10-17-14(2)20-21(3)18(17)12-22/h6-9H,4-5,10-13H2,1-3H3. The Morgan fingerprint density at radius 3 is 2.75 bits per heavy atom. The van der Waals surface area contributed by atoms with Gasteiger partial charge in [0, 0.05) is 13.6 Å². The molecule has 0 N–H and O–H groups in total. The Labute approximate surface area is 143 Å². The van der Waals surface area contributed by atoms with Gasteiger partial charge in [0.15, 0.2) is 6.61 Å². The summed E-state index contributed by atoms with van der Waals surface area (Å²) in [4.78, 5) is 14.3. The second kappa shape index (κ2) is 7.07. The van der Waals surface area contributed by atoms with Crippen LogP contribution in [0.3, 0.4) is 0 Å². The first-order valence-electron chi connectivity index (χ1n) is 8.59. The van der Waals surface area contributed by atoms with E-state index in [4.69, 9.17) is 4.74 Å². The summed E-state index contributed by atoms with van der Waals surface area (Å²) in [6, 6.07) is 8.01. The maximum atomic E-state index is 12.4. The highest BCUT2D eigenvalue weighted by Crippen LogP contribution is 2.21. The summed E-state index contributed by atoms with van der Waals surface area (Å²) in [6.07, 6.45) is 3.06. The predicted molar refractivity (Wildman–Crippen MR) is 93.0 cm³/mol. The van der Waals surface area contributed by atoms with Crippen molar-refractivity contribution in [1.29, 1.82) is 0 Å². The molecule has 128 valence electrons. The van der Waals surface area contributed by atoms with Gasteiger partial charge in [0.2, 0.25) is 0 Å². The molecule has 0 spiro atoms. The van der Waals surface area contributed by atoms with Gasteiger partial charge in [-0.25, -0.2) is 0 Å². The molecule has 0 unspecified atom stereocenters. The van der Waals surface area contributed by atoms with Crippen LogP contribution in [0.1, 0.15) is 35.9 Å². The number of aromatic nitrogens is 2. The third-order valence-corrected chi connectivity index (χ3v) is 4.63. The lowest BCUT2D eigenvalue weighted by Gasteiger charge is -2.27. The molecular weight excluding hydrogens is 302 g/mol. The maximum Gasteiger partial charge on any atom is 0.260 e. The van der Waals surface area contributed by atoms with E-state index in [2.05, 4.69) is 24.2 Å². The van der Waals surface area contributed by atoms with E-state index in [0.717, 1.165) is 42.9 Å². The summed E-state index contributed by atoms with van der Waals surface area (Å²) in [5.41, 5.74) is 4.79. The molecule has 5 nitrogen and oxygen atoms in total. The molecule has 0 saturated carbocycles. The Balaban J connectivity index is 1.57. The molecule has 2 heterocycles. The molecule has 0 radical (unpaired) electrons. The van der Waals surface area contributed by atoms with E-state index in [1.165, 1.54) is 11.1 Å². The summed E-state index contributed by atoms with van der Waals surface area (Å²) >= 11 is 0. The number of fused-ring (bicyclic) bond motifs is 1. The van der Waals surface area contributed by atoms with Crippen molar-refractivity contribution < 1.29 is 9.53 Å². The van der Waals surface area contributed by atoms with Gasteiger partial charge in [-0.15, -0.1) is 0 Å². The Kier molecular flexibility index (Phi) is 4.88. The van der Waals surface area contributed by atoms with Crippen molar-refractivity contribution in [2.75, 3.05) is 13.2 Å². The number of nitrogens with zero attached hydrogens (tertiary/aromatic N) is 3. The van der Waals surface area contributed by atoms with Crippen LogP contribution in [0.25, 0.3) is 0 Å². The molecule has 1 aliphatic rings. The average molecular weight is 327 g/mol. The van der Waals surface area contributed by atoms with Gasteiger partial charge >= 0.3 is 0 Å². The quantitative estimate of drug-likeness (QED) is 0.848. The van der Waals surface area contributed by atoms with E-state index in [1.807, 2.05) is 35.7 Å². The molecule has 1 aromatic carbocycles. The SMILES string of the molecule is CCCc1ccc(OCC(=O)N2CCc3c(C)nn(C)c3C2)cc1. The van der Waals surface area contributed by atoms with Crippen LogP contribution in [0, 0.1) is 6.92 Å². The van der Waals surface area contributed by atoms with E-state index in [0.29, 0.717) is 6.54 Å². The molecule has 1 aliphatic heterocycles. The maximum absolute atomic E-state index is 12.4. The lowest BCUT2D eigenvalue weighted by Crippen LogP contribution is -2.39. The zero-order chi connectivity index (χ0) is 17.1. The molecule has 2 aromatic rings. The van der Waals surface area contributed by atoms with Crippen LogP contribution in [-0.2, 0) is 31.2 Å². The zero-order valence-corrected chi connectivity index (χ0v) is 14.7. The minimum atomic E-state index is 0.0251. The number of hydrogen-bond donors (Lipinski definition) is 0. The number of amides is 1. The van der Waals surface area contributed by atoms with Gasteiger partial charge in [-0.1, -0.05) is 25.5 Å². The molecule has 0 atom stereocenters. The van der Waals surface area contributed by atoms with Gasteiger partial charge in [0.25, 0.3) is 5.91 Å². The normalized spacial score (nSPS) is 13.7. The number of aryl methyl sites for hydroxylation is 3. The highest BCUT2D eigenvalue weighted by atomic mass is 16.5. The Hall–Kier alpha value is -2.30. The second-order valence-corrected chi connectivity index (χ2v) is 6.38. The third-order valence-electron chi connectivity index (χ3n) is 4.63.